The van der Waals surface area contributed by atoms with E-state index in [4.69, 9.17) is 37.0 Å². The van der Waals surface area contributed by atoms with E-state index in [0.717, 1.165) is 154 Å². The molecular weight excluding hydrogens is 1280 g/mol. The Morgan fingerprint density at radius 1 is 0.306 bits per heavy atom. The lowest BCUT2D eigenvalue weighted by Crippen LogP contribution is -2.30. The lowest BCUT2D eigenvalue weighted by Gasteiger charge is -2.21. The summed E-state index contributed by atoms with van der Waals surface area (Å²) < 4.78 is 68.3. The molecule has 5 unspecified atom stereocenters. The molecule has 0 aliphatic heterocycles. The zero-order valence-corrected chi connectivity index (χ0v) is 63.2. The van der Waals surface area contributed by atoms with Crippen LogP contribution in [0.25, 0.3) is 0 Å². The molecule has 0 rings (SSSR count). The van der Waals surface area contributed by atoms with Gasteiger partial charge >= 0.3 is 39.5 Å². The van der Waals surface area contributed by atoms with E-state index in [1.165, 1.54) is 77.0 Å². The highest BCUT2D eigenvalue weighted by molar-refractivity contribution is 7.47. The average Bonchev–Trinajstić information content (AvgIpc) is 1.04. The minimum absolute atomic E-state index is 0.0645. The van der Waals surface area contributed by atoms with Crippen LogP contribution in [-0.4, -0.2) is 96.7 Å². The van der Waals surface area contributed by atoms with Crippen molar-refractivity contribution < 1.29 is 80.2 Å². The second-order valence-corrected chi connectivity index (χ2v) is 28.1. The molecule has 0 aliphatic rings. The summed E-state index contributed by atoms with van der Waals surface area (Å²) in [6, 6.07) is 0. The Kier molecular flexibility index (Phi) is 68.0. The van der Waals surface area contributed by atoms with Gasteiger partial charge < -0.3 is 33.8 Å². The summed E-state index contributed by atoms with van der Waals surface area (Å²) >= 11 is 0. The molecule has 17 nitrogen and oxygen atoms in total. The Bertz CT molecular complexity index is 2290. The van der Waals surface area contributed by atoms with E-state index >= 15 is 0 Å². The van der Waals surface area contributed by atoms with E-state index in [1.54, 1.807) is 6.08 Å². The van der Waals surface area contributed by atoms with Crippen LogP contribution >= 0.6 is 15.6 Å². The molecule has 5 atom stereocenters. The van der Waals surface area contributed by atoms with Gasteiger partial charge in [0.25, 0.3) is 0 Å². The van der Waals surface area contributed by atoms with Crippen LogP contribution in [0.3, 0.4) is 0 Å². The molecule has 0 saturated heterocycles. The molecule has 0 bridgehead atoms. The fourth-order valence-corrected chi connectivity index (χ4v) is 11.5. The number of phosphoric ester groups is 2. The number of unbranched alkanes of at least 4 members (excludes halogenated alkanes) is 28. The van der Waals surface area contributed by atoms with E-state index in [1.807, 2.05) is 18.2 Å². The van der Waals surface area contributed by atoms with Crippen molar-refractivity contribution in [2.75, 3.05) is 39.6 Å². The summed E-state index contributed by atoms with van der Waals surface area (Å²) in [6.45, 7) is 4.55. The number of carbonyl (C=O) groups excluding carboxylic acids is 4. The molecule has 0 heterocycles. The lowest BCUT2D eigenvalue weighted by molar-refractivity contribution is -0.161. The first-order chi connectivity index (χ1) is 47.7. The molecule has 564 valence electrons. The van der Waals surface area contributed by atoms with Crippen molar-refractivity contribution in [3.8, 4) is 0 Å². The molecule has 0 aliphatic carbocycles. The molecule has 98 heavy (non-hydrogen) atoms. The molecule has 0 saturated carbocycles. The zero-order chi connectivity index (χ0) is 71.8. The van der Waals surface area contributed by atoms with Crippen LogP contribution in [0.5, 0.6) is 0 Å². The fourth-order valence-electron chi connectivity index (χ4n) is 9.91. The maximum absolute atomic E-state index is 13.1. The number of aliphatic hydroxyl groups is 1. The average molecular weight is 1420 g/mol. The van der Waals surface area contributed by atoms with Crippen molar-refractivity contribution in [3.63, 3.8) is 0 Å². The van der Waals surface area contributed by atoms with Crippen LogP contribution in [0.15, 0.2) is 109 Å². The van der Waals surface area contributed by atoms with Gasteiger partial charge in [0.15, 0.2) is 12.2 Å². The van der Waals surface area contributed by atoms with Crippen molar-refractivity contribution in [1.82, 2.24) is 0 Å². The van der Waals surface area contributed by atoms with Crippen molar-refractivity contribution in [1.29, 1.82) is 0 Å². The topological polar surface area (TPSA) is 237 Å². The van der Waals surface area contributed by atoms with Gasteiger partial charge in [-0.2, -0.15) is 0 Å². The van der Waals surface area contributed by atoms with E-state index in [9.17, 15) is 43.2 Å². The van der Waals surface area contributed by atoms with Crippen molar-refractivity contribution in [2.45, 2.75) is 329 Å². The zero-order valence-electron chi connectivity index (χ0n) is 61.4. The van der Waals surface area contributed by atoms with Gasteiger partial charge in [0.2, 0.25) is 0 Å². The minimum Gasteiger partial charge on any atom is -0.462 e. The summed E-state index contributed by atoms with van der Waals surface area (Å²) in [6.07, 6.45) is 75.4. The molecular formula is C79H136O17P2. The number of hydrogen-bond donors (Lipinski definition) is 3. The van der Waals surface area contributed by atoms with Gasteiger partial charge in [0.05, 0.1) is 32.8 Å². The number of rotatable bonds is 71. The lowest BCUT2D eigenvalue weighted by atomic mass is 10.1. The minimum atomic E-state index is -5.00. The third kappa shape index (κ3) is 70.2. The highest BCUT2D eigenvalue weighted by Crippen LogP contribution is 2.45. The van der Waals surface area contributed by atoms with Crippen LogP contribution in [-0.2, 0) is 65.4 Å². The number of carbonyl (C=O) groups is 4. The highest BCUT2D eigenvalue weighted by atomic mass is 31.2. The number of allylic oxidation sites excluding steroid dienone is 17. The first-order valence-electron chi connectivity index (χ1n) is 38.1. The van der Waals surface area contributed by atoms with Gasteiger partial charge in [-0.15, -0.1) is 0 Å². The van der Waals surface area contributed by atoms with Crippen LogP contribution in [0.4, 0.5) is 0 Å². The first kappa shape index (κ1) is 93.7. The number of aliphatic hydroxyl groups excluding tert-OH is 1. The Labute approximate surface area is 594 Å². The third-order valence-corrected chi connectivity index (χ3v) is 17.6. The molecule has 3 N–H and O–H groups in total. The molecule has 0 radical (unpaired) electrons. The fraction of sp³-hybridized carbons (Fsp3) is 0.722. The molecule has 0 aromatic carbocycles. The molecule has 0 fully saturated rings. The Hall–Kier alpha value is -4.28. The predicted molar refractivity (Wildman–Crippen MR) is 399 cm³/mol. The van der Waals surface area contributed by atoms with Crippen LogP contribution < -0.4 is 0 Å². The second kappa shape index (κ2) is 71.1. The van der Waals surface area contributed by atoms with Gasteiger partial charge in [-0.3, -0.25) is 37.3 Å². The highest BCUT2D eigenvalue weighted by Gasteiger charge is 2.30. The van der Waals surface area contributed by atoms with E-state index in [-0.39, 0.29) is 25.7 Å². The SMILES string of the molecule is CC/C=C\C/C=C\C/C=C\C/C=C\C/C=C\CC(=O)OCC(COP(=O)(O)OCC(O)COP(=O)(O)OCC(COC(=O)CCCCCCC/C=C\CCCCCCCC)OC(=O)CCCCCCC/C=C\C/C=C\CCC)OC(=O)CCCCCCC/C=C\CCCCCCCC. The Morgan fingerprint density at radius 2 is 0.592 bits per heavy atom. The van der Waals surface area contributed by atoms with Crippen molar-refractivity contribution >= 4 is 39.5 Å². The van der Waals surface area contributed by atoms with Gasteiger partial charge in [0, 0.05) is 19.3 Å². The maximum atomic E-state index is 13.1. The quantitative estimate of drug-likeness (QED) is 0.0169. The van der Waals surface area contributed by atoms with Crippen LogP contribution in [0, 0.1) is 0 Å². The number of hydrogen-bond acceptors (Lipinski definition) is 15. The number of esters is 4. The summed E-state index contributed by atoms with van der Waals surface area (Å²) in [5.74, 6) is -2.35. The molecule has 0 amide bonds. The number of ether oxygens (including phenoxy) is 4. The van der Waals surface area contributed by atoms with Gasteiger partial charge in [-0.05, 0) is 128 Å². The standard InChI is InChI=1S/C79H136O17P2/c1-5-9-13-17-21-25-29-33-36-40-43-47-51-55-59-63-76(81)89-69-74(95-78(83)65-61-57-53-49-45-39-32-28-24-20-16-12-8-4)71-93-97(85,86)91-67-73(80)68-92-98(87,88)94-72-75(96-79(84)66-62-58-54-50-46-42-38-35-31-27-23-19-15-11-7-3)70-90-77(82)64-60-56-52-48-44-41-37-34-30-26-22-18-14-10-6-2/h10,14,16,20,22,26,28,32-38,44,48,56,60,73-75,80H,5-9,11-13,15,17-19,21,23-25,27,29-31,39-43,45-47,49-55,57-59,61-72H2,1-4H3,(H,85,86)(H,87,88)/b14-10-,20-16-,26-22-,32-28-,36-33-,37-34-,38-35-,48-44-,60-56-. The Balaban J connectivity index is 5.42. The van der Waals surface area contributed by atoms with Gasteiger partial charge in [-0.25, -0.2) is 9.13 Å². The normalized spacial score (nSPS) is 14.6. The molecule has 0 spiro atoms. The van der Waals surface area contributed by atoms with Crippen LogP contribution in [0.2, 0.25) is 0 Å². The summed E-state index contributed by atoms with van der Waals surface area (Å²) in [7, 11) is -9.98. The largest absolute Gasteiger partial charge is 0.472 e. The van der Waals surface area contributed by atoms with E-state index < -0.39 is 97.5 Å². The van der Waals surface area contributed by atoms with Crippen molar-refractivity contribution in [3.05, 3.63) is 109 Å². The third-order valence-electron chi connectivity index (χ3n) is 15.7. The maximum Gasteiger partial charge on any atom is 0.472 e. The van der Waals surface area contributed by atoms with Gasteiger partial charge in [0.1, 0.15) is 19.3 Å². The molecule has 0 aromatic heterocycles. The van der Waals surface area contributed by atoms with E-state index in [2.05, 4.69) is 113 Å². The van der Waals surface area contributed by atoms with Crippen LogP contribution in [0.1, 0.15) is 310 Å². The summed E-state index contributed by atoms with van der Waals surface area (Å²) in [4.78, 5) is 72.8. The Morgan fingerprint density at radius 3 is 0.959 bits per heavy atom. The van der Waals surface area contributed by atoms with E-state index in [0.29, 0.717) is 25.7 Å². The predicted octanol–water partition coefficient (Wildman–Crippen LogP) is 21.8. The summed E-state index contributed by atoms with van der Waals surface area (Å²) in [5.41, 5.74) is 0. The molecule has 19 heteroatoms. The number of phosphoric acid groups is 2. The molecule has 0 aromatic rings. The summed E-state index contributed by atoms with van der Waals surface area (Å²) in [5, 5.41) is 10.6. The smallest absolute Gasteiger partial charge is 0.462 e. The van der Waals surface area contributed by atoms with Gasteiger partial charge in [-0.1, -0.05) is 265 Å². The second-order valence-electron chi connectivity index (χ2n) is 25.2. The van der Waals surface area contributed by atoms with Crippen molar-refractivity contribution in [2.24, 2.45) is 0 Å². The monoisotopic (exact) mass is 1420 g/mol. The first-order valence-corrected chi connectivity index (χ1v) is 41.1.